The Morgan fingerprint density at radius 3 is 2.50 bits per heavy atom. The Morgan fingerprint density at radius 2 is 1.92 bits per heavy atom. The minimum absolute atomic E-state index is 0.0949. The maximum atomic E-state index is 11.5. The normalized spacial score (nSPS) is 17.2. The Kier molecular flexibility index (Phi) is 4.66. The van der Waals surface area contributed by atoms with E-state index in [0.717, 1.165) is 25.7 Å². The lowest BCUT2D eigenvalue weighted by Gasteiger charge is -2.27. The summed E-state index contributed by atoms with van der Waals surface area (Å²) < 4.78 is 24.6. The Hall–Kier alpha value is -1.84. The fraction of sp³-hybridized carbons (Fsp3) is 0.533. The Bertz CT molecular complexity index is 795. The van der Waals surface area contributed by atoms with Gasteiger partial charge in [-0.3, -0.25) is 0 Å². The molecule has 1 saturated carbocycles. The van der Waals surface area contributed by atoms with Crippen molar-refractivity contribution in [1.82, 2.24) is 25.5 Å². The van der Waals surface area contributed by atoms with E-state index >= 15 is 0 Å². The molecule has 24 heavy (non-hydrogen) atoms. The number of nitrogens with one attached hydrogen (secondary N) is 1. The highest BCUT2D eigenvalue weighted by Gasteiger charge is 2.32. The van der Waals surface area contributed by atoms with Crippen LogP contribution in [0, 0.1) is 0 Å². The number of nitrogens with zero attached hydrogens (tertiary/aromatic N) is 4. The third-order valence-electron chi connectivity index (χ3n) is 4.53. The zero-order chi connectivity index (χ0) is 17.2. The molecule has 1 aromatic heterocycles. The summed E-state index contributed by atoms with van der Waals surface area (Å²) in [6, 6.07) is 6.42. The van der Waals surface area contributed by atoms with Gasteiger partial charge in [0.2, 0.25) is 0 Å². The largest absolute Gasteiger partial charge is 0.394 e. The molecule has 0 spiro atoms. The summed E-state index contributed by atoms with van der Waals surface area (Å²) in [6.45, 7) is 0.527. The number of rotatable bonds is 6. The number of aliphatic hydroxyl groups is 1. The number of hydrogen-bond donors (Lipinski definition) is 2. The van der Waals surface area contributed by atoms with Gasteiger partial charge in [0.05, 0.1) is 23.7 Å². The molecule has 9 heteroatoms. The molecule has 1 fully saturated rings. The standard InChI is InChI=1S/C15H21N5O3S/c1-24(22,23)13-6-4-12(5-7-13)20-14(17-18-19-20)10-16-15(11-21)8-2-3-9-15/h4-7,16,21H,2-3,8-11H2,1H3. The van der Waals surface area contributed by atoms with Gasteiger partial charge in [0, 0.05) is 11.8 Å². The molecule has 1 aromatic carbocycles. The van der Waals surface area contributed by atoms with Crippen LogP contribution in [0.5, 0.6) is 0 Å². The van der Waals surface area contributed by atoms with Gasteiger partial charge in [-0.15, -0.1) is 5.10 Å². The van der Waals surface area contributed by atoms with Gasteiger partial charge in [0.25, 0.3) is 0 Å². The van der Waals surface area contributed by atoms with E-state index in [1.165, 1.54) is 18.4 Å². The van der Waals surface area contributed by atoms with Crippen molar-refractivity contribution >= 4 is 9.84 Å². The van der Waals surface area contributed by atoms with E-state index in [4.69, 9.17) is 0 Å². The fourth-order valence-corrected chi connectivity index (χ4v) is 3.69. The molecule has 1 aliphatic carbocycles. The van der Waals surface area contributed by atoms with Crippen LogP contribution < -0.4 is 5.32 Å². The molecule has 2 aromatic rings. The molecule has 1 aliphatic rings. The van der Waals surface area contributed by atoms with Crippen molar-refractivity contribution in [3.63, 3.8) is 0 Å². The van der Waals surface area contributed by atoms with Crippen molar-refractivity contribution < 1.29 is 13.5 Å². The van der Waals surface area contributed by atoms with Gasteiger partial charge in [-0.2, -0.15) is 4.68 Å². The zero-order valence-electron chi connectivity index (χ0n) is 13.5. The molecule has 2 N–H and O–H groups in total. The summed E-state index contributed by atoms with van der Waals surface area (Å²) in [4.78, 5) is 0.254. The van der Waals surface area contributed by atoms with Crippen LogP contribution in [-0.4, -0.2) is 52.1 Å². The predicted octanol–water partition coefficient (Wildman–Crippen LogP) is 0.460. The van der Waals surface area contributed by atoms with Gasteiger partial charge >= 0.3 is 0 Å². The topological polar surface area (TPSA) is 110 Å². The van der Waals surface area contributed by atoms with Gasteiger partial charge in [-0.25, -0.2) is 8.42 Å². The summed E-state index contributed by atoms with van der Waals surface area (Å²) in [7, 11) is -3.23. The van der Waals surface area contributed by atoms with Crippen molar-refractivity contribution in [3.05, 3.63) is 30.1 Å². The van der Waals surface area contributed by atoms with E-state index in [1.807, 2.05) is 0 Å². The number of benzene rings is 1. The smallest absolute Gasteiger partial charge is 0.175 e. The van der Waals surface area contributed by atoms with Crippen molar-refractivity contribution in [2.75, 3.05) is 12.9 Å². The molecule has 8 nitrogen and oxygen atoms in total. The number of tetrazole rings is 1. The van der Waals surface area contributed by atoms with E-state index in [0.29, 0.717) is 18.1 Å². The molecule has 0 radical (unpaired) electrons. The average molecular weight is 351 g/mol. The number of hydrogen-bond acceptors (Lipinski definition) is 7. The van der Waals surface area contributed by atoms with Crippen molar-refractivity contribution in [3.8, 4) is 5.69 Å². The summed E-state index contributed by atoms with van der Waals surface area (Å²) >= 11 is 0. The Balaban J connectivity index is 1.78. The van der Waals surface area contributed by atoms with Crippen LogP contribution in [0.3, 0.4) is 0 Å². The maximum absolute atomic E-state index is 11.5. The third-order valence-corrected chi connectivity index (χ3v) is 5.66. The molecule has 0 saturated heterocycles. The van der Waals surface area contributed by atoms with Crippen LogP contribution in [0.2, 0.25) is 0 Å². The molecular weight excluding hydrogens is 330 g/mol. The summed E-state index contributed by atoms with van der Waals surface area (Å²) in [5, 5.41) is 24.8. The average Bonchev–Trinajstić information content (AvgIpc) is 3.22. The van der Waals surface area contributed by atoms with Gasteiger partial charge in [-0.1, -0.05) is 12.8 Å². The highest BCUT2D eigenvalue weighted by Crippen LogP contribution is 2.29. The molecule has 0 unspecified atom stereocenters. The Labute approximate surface area is 140 Å². The van der Waals surface area contributed by atoms with E-state index in [9.17, 15) is 13.5 Å². The van der Waals surface area contributed by atoms with Crippen LogP contribution in [-0.2, 0) is 16.4 Å². The van der Waals surface area contributed by atoms with Crippen LogP contribution in [0.4, 0.5) is 0 Å². The predicted molar refractivity (Wildman–Crippen MR) is 87.4 cm³/mol. The first-order valence-corrected chi connectivity index (χ1v) is 9.76. The van der Waals surface area contributed by atoms with Crippen LogP contribution in [0.15, 0.2) is 29.2 Å². The summed E-state index contributed by atoms with van der Waals surface area (Å²) in [5.74, 6) is 0.613. The van der Waals surface area contributed by atoms with Gasteiger partial charge < -0.3 is 10.4 Å². The highest BCUT2D eigenvalue weighted by molar-refractivity contribution is 7.90. The van der Waals surface area contributed by atoms with Crippen LogP contribution in [0.25, 0.3) is 5.69 Å². The van der Waals surface area contributed by atoms with E-state index < -0.39 is 9.84 Å². The van der Waals surface area contributed by atoms with Crippen molar-refractivity contribution in [2.24, 2.45) is 0 Å². The quantitative estimate of drug-likeness (QED) is 0.778. The minimum Gasteiger partial charge on any atom is -0.394 e. The number of aliphatic hydroxyl groups excluding tert-OH is 1. The second-order valence-corrected chi connectivity index (χ2v) is 8.29. The van der Waals surface area contributed by atoms with E-state index in [2.05, 4.69) is 20.8 Å². The SMILES string of the molecule is CS(=O)(=O)c1ccc(-n2nnnc2CNC2(CO)CCCC2)cc1. The first-order valence-electron chi connectivity index (χ1n) is 7.87. The first-order chi connectivity index (χ1) is 11.4. The van der Waals surface area contributed by atoms with E-state index in [1.54, 1.807) is 16.8 Å². The first kappa shape index (κ1) is 17.0. The molecule has 3 rings (SSSR count). The lowest BCUT2D eigenvalue weighted by atomic mass is 9.99. The van der Waals surface area contributed by atoms with Gasteiger partial charge in [-0.05, 0) is 47.5 Å². The molecule has 0 aliphatic heterocycles. The number of sulfone groups is 1. The van der Waals surface area contributed by atoms with E-state index in [-0.39, 0.29) is 17.0 Å². The third kappa shape index (κ3) is 3.47. The molecule has 0 atom stereocenters. The molecule has 0 amide bonds. The lowest BCUT2D eigenvalue weighted by Crippen LogP contribution is -2.45. The van der Waals surface area contributed by atoms with Crippen LogP contribution in [0.1, 0.15) is 31.5 Å². The van der Waals surface area contributed by atoms with Gasteiger partial charge in [0.15, 0.2) is 15.7 Å². The molecule has 130 valence electrons. The van der Waals surface area contributed by atoms with Gasteiger partial charge in [0.1, 0.15) is 0 Å². The molecule has 0 bridgehead atoms. The highest BCUT2D eigenvalue weighted by atomic mass is 32.2. The van der Waals surface area contributed by atoms with Crippen molar-refractivity contribution in [1.29, 1.82) is 0 Å². The summed E-state index contributed by atoms with van der Waals surface area (Å²) in [5.41, 5.74) is 0.436. The molecular formula is C15H21N5O3S. The van der Waals surface area contributed by atoms with Crippen LogP contribution >= 0.6 is 0 Å². The second-order valence-electron chi connectivity index (χ2n) is 6.27. The Morgan fingerprint density at radius 1 is 1.25 bits per heavy atom. The lowest BCUT2D eigenvalue weighted by molar-refractivity contribution is 0.162. The fourth-order valence-electron chi connectivity index (χ4n) is 3.06. The second kappa shape index (κ2) is 6.58. The minimum atomic E-state index is -3.23. The monoisotopic (exact) mass is 351 g/mol. The zero-order valence-corrected chi connectivity index (χ0v) is 14.3. The maximum Gasteiger partial charge on any atom is 0.175 e. The summed E-state index contributed by atoms with van der Waals surface area (Å²) in [6.07, 6.45) is 5.25. The van der Waals surface area contributed by atoms with Crippen molar-refractivity contribution in [2.45, 2.75) is 42.7 Å². The molecule has 1 heterocycles. The number of aromatic nitrogens is 4.